The van der Waals surface area contributed by atoms with Crippen LogP contribution in [0.5, 0.6) is 0 Å². The molecule has 2 aromatic carbocycles. The molecule has 26 heavy (non-hydrogen) atoms. The molecule has 7 heteroatoms. The SMILES string of the molecule is O=C1N(Cc2ccc([N+](=O)[O-])cc2)c2ccccc2C12OCC=CCO2. The van der Waals surface area contributed by atoms with Gasteiger partial charge >= 0.3 is 0 Å². The molecule has 2 aromatic rings. The molecule has 0 aliphatic carbocycles. The number of rotatable bonds is 3. The first-order valence-corrected chi connectivity index (χ1v) is 8.19. The van der Waals surface area contributed by atoms with Crippen LogP contribution in [0.2, 0.25) is 0 Å². The van der Waals surface area contributed by atoms with Crippen LogP contribution in [0.1, 0.15) is 11.1 Å². The Kier molecular flexibility index (Phi) is 4.02. The fraction of sp³-hybridized carbons (Fsp3) is 0.211. The summed E-state index contributed by atoms with van der Waals surface area (Å²) in [7, 11) is 0. The van der Waals surface area contributed by atoms with Gasteiger partial charge < -0.3 is 14.4 Å². The lowest BCUT2D eigenvalue weighted by Crippen LogP contribution is -2.44. The maximum absolute atomic E-state index is 13.2. The van der Waals surface area contributed by atoms with Gasteiger partial charge in [-0.2, -0.15) is 0 Å². The van der Waals surface area contributed by atoms with Crippen molar-refractivity contribution in [3.8, 4) is 0 Å². The number of nitro groups is 1. The quantitative estimate of drug-likeness (QED) is 0.482. The smallest absolute Gasteiger partial charge is 0.292 e. The van der Waals surface area contributed by atoms with E-state index in [1.165, 1.54) is 12.1 Å². The minimum atomic E-state index is -1.44. The molecule has 2 heterocycles. The Labute approximate surface area is 149 Å². The fourth-order valence-electron chi connectivity index (χ4n) is 3.24. The van der Waals surface area contributed by atoms with Crippen LogP contribution in [0, 0.1) is 10.1 Å². The highest BCUT2D eigenvalue weighted by molar-refractivity contribution is 6.06. The van der Waals surface area contributed by atoms with E-state index in [0.29, 0.717) is 5.56 Å². The van der Waals surface area contributed by atoms with Crippen LogP contribution in [0.3, 0.4) is 0 Å². The van der Waals surface area contributed by atoms with E-state index in [2.05, 4.69) is 0 Å². The van der Waals surface area contributed by atoms with Gasteiger partial charge in [0.1, 0.15) is 0 Å². The van der Waals surface area contributed by atoms with Crippen molar-refractivity contribution in [1.29, 1.82) is 0 Å². The number of fused-ring (bicyclic) bond motifs is 2. The average Bonchev–Trinajstić information content (AvgIpc) is 2.83. The summed E-state index contributed by atoms with van der Waals surface area (Å²) in [6.07, 6.45) is 3.65. The second kappa shape index (κ2) is 6.36. The third kappa shape index (κ3) is 2.58. The van der Waals surface area contributed by atoms with Crippen LogP contribution in [0.25, 0.3) is 0 Å². The number of nitro benzene ring substituents is 1. The van der Waals surface area contributed by atoms with Gasteiger partial charge in [-0.25, -0.2) is 0 Å². The normalized spacial score (nSPS) is 18.0. The van der Waals surface area contributed by atoms with Gasteiger partial charge in [0.05, 0.1) is 30.4 Å². The number of benzene rings is 2. The van der Waals surface area contributed by atoms with Gasteiger partial charge in [-0.1, -0.05) is 42.5 Å². The minimum absolute atomic E-state index is 0.0138. The van der Waals surface area contributed by atoms with Crippen LogP contribution in [-0.4, -0.2) is 24.0 Å². The first kappa shape index (κ1) is 16.4. The van der Waals surface area contributed by atoms with Crippen molar-refractivity contribution in [2.75, 3.05) is 18.1 Å². The second-order valence-electron chi connectivity index (χ2n) is 6.04. The number of carbonyl (C=O) groups excluding carboxylic acids is 1. The molecule has 7 nitrogen and oxygen atoms in total. The molecule has 1 amide bonds. The zero-order valence-corrected chi connectivity index (χ0v) is 13.8. The number of nitrogens with zero attached hydrogens (tertiary/aromatic N) is 2. The number of amides is 1. The Hall–Kier alpha value is -3.03. The summed E-state index contributed by atoms with van der Waals surface area (Å²) >= 11 is 0. The summed E-state index contributed by atoms with van der Waals surface area (Å²) in [5.74, 6) is -1.73. The highest BCUT2D eigenvalue weighted by Gasteiger charge is 2.53. The Morgan fingerprint density at radius 2 is 1.69 bits per heavy atom. The lowest BCUT2D eigenvalue weighted by atomic mass is 10.1. The summed E-state index contributed by atoms with van der Waals surface area (Å²) in [5, 5.41) is 10.8. The van der Waals surface area contributed by atoms with E-state index in [1.807, 2.05) is 36.4 Å². The van der Waals surface area contributed by atoms with Crippen molar-refractivity contribution in [3.63, 3.8) is 0 Å². The second-order valence-corrected chi connectivity index (χ2v) is 6.04. The molecule has 0 saturated heterocycles. The number of anilines is 1. The average molecular weight is 352 g/mol. The molecule has 0 fully saturated rings. The molecule has 0 bridgehead atoms. The monoisotopic (exact) mass is 352 g/mol. The van der Waals surface area contributed by atoms with Crippen molar-refractivity contribution in [2.45, 2.75) is 12.3 Å². The first-order chi connectivity index (χ1) is 12.6. The van der Waals surface area contributed by atoms with E-state index in [1.54, 1.807) is 17.0 Å². The lowest BCUT2D eigenvalue weighted by Gasteiger charge is -2.27. The summed E-state index contributed by atoms with van der Waals surface area (Å²) in [6.45, 7) is 0.840. The third-order valence-electron chi connectivity index (χ3n) is 4.50. The summed E-state index contributed by atoms with van der Waals surface area (Å²) in [6, 6.07) is 13.5. The maximum atomic E-state index is 13.2. The third-order valence-corrected chi connectivity index (χ3v) is 4.50. The van der Waals surface area contributed by atoms with Crippen LogP contribution >= 0.6 is 0 Å². The summed E-state index contributed by atoms with van der Waals surface area (Å²) < 4.78 is 11.6. The number of ether oxygens (including phenoxy) is 2. The Morgan fingerprint density at radius 3 is 2.35 bits per heavy atom. The largest absolute Gasteiger partial charge is 0.334 e. The Morgan fingerprint density at radius 1 is 1.04 bits per heavy atom. The molecular weight excluding hydrogens is 336 g/mol. The number of non-ortho nitro benzene ring substituents is 1. The van der Waals surface area contributed by atoms with Crippen LogP contribution in [0.15, 0.2) is 60.7 Å². The van der Waals surface area contributed by atoms with Gasteiger partial charge in [-0.3, -0.25) is 14.9 Å². The summed E-state index contributed by atoms with van der Waals surface area (Å²) in [5.41, 5.74) is 2.19. The number of hydrogen-bond donors (Lipinski definition) is 0. The highest BCUT2D eigenvalue weighted by atomic mass is 16.7. The number of carbonyl (C=O) groups is 1. The van der Waals surface area contributed by atoms with Crippen LogP contribution in [0.4, 0.5) is 11.4 Å². The molecule has 132 valence electrons. The van der Waals surface area contributed by atoms with E-state index in [-0.39, 0.29) is 31.4 Å². The molecule has 0 radical (unpaired) electrons. The molecular formula is C19H16N2O5. The van der Waals surface area contributed by atoms with Gasteiger partial charge in [0, 0.05) is 17.7 Å². The van der Waals surface area contributed by atoms with Crippen LogP contribution in [-0.2, 0) is 26.6 Å². The number of para-hydroxylation sites is 1. The van der Waals surface area contributed by atoms with Crippen molar-refractivity contribution in [3.05, 3.63) is 81.9 Å². The van der Waals surface area contributed by atoms with E-state index in [4.69, 9.17) is 9.47 Å². The van der Waals surface area contributed by atoms with Gasteiger partial charge in [0.25, 0.3) is 17.4 Å². The summed E-state index contributed by atoms with van der Waals surface area (Å²) in [4.78, 5) is 25.2. The first-order valence-electron chi connectivity index (χ1n) is 8.19. The van der Waals surface area contributed by atoms with Crippen molar-refractivity contribution in [2.24, 2.45) is 0 Å². The van der Waals surface area contributed by atoms with Gasteiger partial charge in [0.15, 0.2) is 0 Å². The fourth-order valence-corrected chi connectivity index (χ4v) is 3.24. The van der Waals surface area contributed by atoms with Crippen LogP contribution < -0.4 is 4.90 Å². The Balaban J connectivity index is 1.68. The van der Waals surface area contributed by atoms with Crippen molar-refractivity contribution < 1.29 is 19.2 Å². The molecule has 0 saturated carbocycles. The van der Waals surface area contributed by atoms with Crippen molar-refractivity contribution in [1.82, 2.24) is 0 Å². The number of hydrogen-bond acceptors (Lipinski definition) is 5. The molecule has 2 aliphatic rings. The van der Waals surface area contributed by atoms with Gasteiger partial charge in [-0.05, 0) is 11.6 Å². The molecule has 0 atom stereocenters. The van der Waals surface area contributed by atoms with E-state index >= 15 is 0 Å². The van der Waals surface area contributed by atoms with Gasteiger partial charge in [0.2, 0.25) is 0 Å². The standard InChI is InChI=1S/C19H16N2O5/c22-18-19(25-11-3-4-12-26-19)16-5-1-2-6-17(16)20(18)13-14-7-9-15(10-8-14)21(23)24/h1-10H,11-13H2. The molecule has 0 unspecified atom stereocenters. The molecule has 2 aliphatic heterocycles. The molecule has 1 spiro atoms. The molecule has 0 N–H and O–H groups in total. The van der Waals surface area contributed by atoms with Gasteiger partial charge in [-0.15, -0.1) is 0 Å². The molecule has 4 rings (SSSR count). The van der Waals surface area contributed by atoms with E-state index < -0.39 is 10.7 Å². The minimum Gasteiger partial charge on any atom is -0.334 e. The maximum Gasteiger partial charge on any atom is 0.292 e. The van der Waals surface area contributed by atoms with E-state index in [9.17, 15) is 14.9 Å². The topological polar surface area (TPSA) is 81.9 Å². The predicted octanol–water partition coefficient (Wildman–Crippen LogP) is 2.90. The van der Waals surface area contributed by atoms with E-state index in [0.717, 1.165) is 11.3 Å². The lowest BCUT2D eigenvalue weighted by molar-refractivity contribution is -0.384. The zero-order chi connectivity index (χ0) is 18.1. The van der Waals surface area contributed by atoms with Crippen molar-refractivity contribution >= 4 is 17.3 Å². The highest BCUT2D eigenvalue weighted by Crippen LogP contribution is 2.44. The molecule has 0 aromatic heterocycles. The zero-order valence-electron chi connectivity index (χ0n) is 13.8. The Bertz CT molecular complexity index is 881. The predicted molar refractivity (Wildman–Crippen MR) is 93.5 cm³/mol.